The molecule has 23 heavy (non-hydrogen) atoms. The second-order valence-electron chi connectivity index (χ2n) is 6.69. The van der Waals surface area contributed by atoms with E-state index in [1.165, 1.54) is 17.5 Å². The molecule has 2 aliphatic rings. The minimum atomic E-state index is -0.0120. The molecule has 2 heterocycles. The lowest BCUT2D eigenvalue weighted by molar-refractivity contribution is 0.177. The zero-order valence-corrected chi connectivity index (χ0v) is 14.1. The van der Waals surface area contributed by atoms with Crippen LogP contribution in [0.1, 0.15) is 63.2 Å². The van der Waals surface area contributed by atoms with Crippen molar-refractivity contribution in [3.05, 3.63) is 16.3 Å². The van der Waals surface area contributed by atoms with E-state index in [1.54, 1.807) is 7.05 Å². The molecule has 0 spiro atoms. The standard InChI is InChI=1S/C16H27N5O2/c1-3-17-15(22)20-10-6-7-12(11-20)14-18-19(2)16(23)21(14)13-8-4-5-9-13/h12-13H,3-11H2,1-2H3,(H,17,22). The molecule has 1 aromatic heterocycles. The first kappa shape index (κ1) is 16.1. The van der Waals surface area contributed by atoms with Crippen molar-refractivity contribution < 1.29 is 4.79 Å². The normalized spacial score (nSPS) is 22.5. The van der Waals surface area contributed by atoms with Gasteiger partial charge in [-0.3, -0.25) is 4.57 Å². The Balaban J connectivity index is 1.84. The highest BCUT2D eigenvalue weighted by molar-refractivity contribution is 5.74. The maximum absolute atomic E-state index is 12.5. The zero-order valence-electron chi connectivity index (χ0n) is 14.1. The first-order chi connectivity index (χ1) is 11.1. The van der Waals surface area contributed by atoms with Crippen molar-refractivity contribution in [2.75, 3.05) is 19.6 Å². The predicted molar refractivity (Wildman–Crippen MR) is 87.6 cm³/mol. The smallest absolute Gasteiger partial charge is 0.338 e. The highest BCUT2D eigenvalue weighted by atomic mass is 16.2. The number of hydrogen-bond acceptors (Lipinski definition) is 3. The summed E-state index contributed by atoms with van der Waals surface area (Å²) >= 11 is 0. The van der Waals surface area contributed by atoms with E-state index in [2.05, 4.69) is 10.4 Å². The molecule has 1 saturated carbocycles. The summed E-state index contributed by atoms with van der Waals surface area (Å²) in [7, 11) is 1.72. The van der Waals surface area contributed by atoms with E-state index in [0.29, 0.717) is 13.1 Å². The molecule has 2 amide bonds. The van der Waals surface area contributed by atoms with Crippen LogP contribution >= 0.6 is 0 Å². The predicted octanol–water partition coefficient (Wildman–Crippen LogP) is 1.61. The van der Waals surface area contributed by atoms with Gasteiger partial charge in [0, 0.05) is 38.6 Å². The van der Waals surface area contributed by atoms with Gasteiger partial charge in [-0.15, -0.1) is 0 Å². The highest BCUT2D eigenvalue weighted by Crippen LogP contribution is 2.32. The summed E-state index contributed by atoms with van der Waals surface area (Å²) in [6.07, 6.45) is 6.43. The van der Waals surface area contributed by atoms with E-state index >= 15 is 0 Å². The van der Waals surface area contributed by atoms with Crippen molar-refractivity contribution in [2.24, 2.45) is 7.05 Å². The second-order valence-corrected chi connectivity index (χ2v) is 6.69. The molecule has 2 fully saturated rings. The van der Waals surface area contributed by atoms with Gasteiger partial charge in [-0.2, -0.15) is 5.10 Å². The fraction of sp³-hybridized carbons (Fsp3) is 0.812. The van der Waals surface area contributed by atoms with Crippen molar-refractivity contribution in [2.45, 2.75) is 57.4 Å². The van der Waals surface area contributed by atoms with Crippen LogP contribution in [0, 0.1) is 0 Å². The van der Waals surface area contributed by atoms with Crippen molar-refractivity contribution in [1.82, 2.24) is 24.6 Å². The Morgan fingerprint density at radius 1 is 1.26 bits per heavy atom. The van der Waals surface area contributed by atoms with Crippen LogP contribution in [0.15, 0.2) is 4.79 Å². The van der Waals surface area contributed by atoms with E-state index in [4.69, 9.17) is 0 Å². The molecule has 1 aliphatic heterocycles. The Labute approximate surface area is 136 Å². The summed E-state index contributed by atoms with van der Waals surface area (Å²) < 4.78 is 3.37. The van der Waals surface area contributed by atoms with E-state index in [1.807, 2.05) is 16.4 Å². The number of piperidine rings is 1. The number of carbonyl (C=O) groups excluding carboxylic acids is 1. The Bertz CT molecular complexity index is 614. The van der Waals surface area contributed by atoms with E-state index in [-0.39, 0.29) is 23.7 Å². The summed E-state index contributed by atoms with van der Waals surface area (Å²) in [6.45, 7) is 3.99. The Morgan fingerprint density at radius 2 is 2.00 bits per heavy atom. The van der Waals surface area contributed by atoms with Gasteiger partial charge in [-0.1, -0.05) is 12.8 Å². The number of hydrogen-bond donors (Lipinski definition) is 1. The van der Waals surface area contributed by atoms with Gasteiger partial charge in [0.2, 0.25) is 0 Å². The molecule has 7 heteroatoms. The minimum absolute atomic E-state index is 0.0112. The molecule has 7 nitrogen and oxygen atoms in total. The van der Waals surface area contributed by atoms with Gasteiger partial charge in [-0.05, 0) is 32.6 Å². The van der Waals surface area contributed by atoms with Gasteiger partial charge in [0.15, 0.2) is 0 Å². The quantitative estimate of drug-likeness (QED) is 0.919. The van der Waals surface area contributed by atoms with Crippen molar-refractivity contribution in [3.8, 4) is 0 Å². The lowest BCUT2D eigenvalue weighted by atomic mass is 9.97. The lowest BCUT2D eigenvalue weighted by Crippen LogP contribution is -2.45. The van der Waals surface area contributed by atoms with Gasteiger partial charge >= 0.3 is 11.7 Å². The summed E-state index contributed by atoms with van der Waals surface area (Å²) in [5.74, 6) is 1.03. The van der Waals surface area contributed by atoms with Gasteiger partial charge in [0.1, 0.15) is 5.82 Å². The molecule has 128 valence electrons. The average Bonchev–Trinajstić information content (AvgIpc) is 3.17. The average molecular weight is 321 g/mol. The molecule has 3 rings (SSSR count). The Hall–Kier alpha value is -1.79. The Kier molecular flexibility index (Phi) is 4.73. The molecule has 0 bridgehead atoms. The maximum atomic E-state index is 12.5. The first-order valence-corrected chi connectivity index (χ1v) is 8.80. The van der Waals surface area contributed by atoms with Crippen LogP contribution in [-0.2, 0) is 7.05 Å². The molecule has 1 atom stereocenters. The number of amides is 2. The van der Waals surface area contributed by atoms with E-state index in [9.17, 15) is 9.59 Å². The zero-order chi connectivity index (χ0) is 16.4. The van der Waals surface area contributed by atoms with Crippen LogP contribution in [0.4, 0.5) is 4.79 Å². The summed E-state index contributed by atoms with van der Waals surface area (Å²) in [5, 5.41) is 7.39. The molecule has 0 radical (unpaired) electrons. The fourth-order valence-electron chi connectivity index (χ4n) is 3.92. The minimum Gasteiger partial charge on any atom is -0.338 e. The summed E-state index contributed by atoms with van der Waals surface area (Å²) in [4.78, 5) is 26.5. The van der Waals surface area contributed by atoms with Gasteiger partial charge in [0.05, 0.1) is 0 Å². The number of carbonyl (C=O) groups is 1. The van der Waals surface area contributed by atoms with Crippen LogP contribution in [0.2, 0.25) is 0 Å². The number of rotatable bonds is 3. The first-order valence-electron chi connectivity index (χ1n) is 8.80. The topological polar surface area (TPSA) is 72.2 Å². The summed E-state index contributed by atoms with van der Waals surface area (Å²) in [6, 6.07) is 0.272. The van der Waals surface area contributed by atoms with E-state index in [0.717, 1.165) is 38.1 Å². The van der Waals surface area contributed by atoms with Crippen LogP contribution in [-0.4, -0.2) is 44.9 Å². The third kappa shape index (κ3) is 3.14. The number of urea groups is 1. The molecular weight excluding hydrogens is 294 g/mol. The Morgan fingerprint density at radius 3 is 2.70 bits per heavy atom. The van der Waals surface area contributed by atoms with Crippen molar-refractivity contribution >= 4 is 6.03 Å². The summed E-state index contributed by atoms with van der Waals surface area (Å²) in [5.41, 5.74) is -0.0120. The van der Waals surface area contributed by atoms with Crippen LogP contribution in [0.3, 0.4) is 0 Å². The van der Waals surface area contributed by atoms with Gasteiger partial charge in [0.25, 0.3) is 0 Å². The monoisotopic (exact) mass is 321 g/mol. The van der Waals surface area contributed by atoms with Gasteiger partial charge < -0.3 is 10.2 Å². The lowest BCUT2D eigenvalue weighted by Gasteiger charge is -2.32. The van der Waals surface area contributed by atoms with Crippen molar-refractivity contribution in [3.63, 3.8) is 0 Å². The third-order valence-electron chi connectivity index (χ3n) is 5.07. The third-order valence-corrected chi connectivity index (χ3v) is 5.07. The number of aryl methyl sites for hydroxylation is 1. The molecule has 1 aliphatic carbocycles. The highest BCUT2D eigenvalue weighted by Gasteiger charge is 2.32. The van der Waals surface area contributed by atoms with E-state index < -0.39 is 0 Å². The molecule has 1 saturated heterocycles. The van der Waals surface area contributed by atoms with Gasteiger partial charge in [-0.25, -0.2) is 14.3 Å². The van der Waals surface area contributed by atoms with Crippen LogP contribution < -0.4 is 11.0 Å². The number of nitrogens with zero attached hydrogens (tertiary/aromatic N) is 4. The molecule has 1 unspecified atom stereocenters. The largest absolute Gasteiger partial charge is 0.345 e. The molecule has 1 aromatic rings. The number of nitrogens with one attached hydrogen (secondary N) is 1. The molecule has 1 N–H and O–H groups in total. The maximum Gasteiger partial charge on any atom is 0.345 e. The van der Waals surface area contributed by atoms with Crippen LogP contribution in [0.25, 0.3) is 0 Å². The second kappa shape index (κ2) is 6.76. The van der Waals surface area contributed by atoms with Crippen LogP contribution in [0.5, 0.6) is 0 Å². The van der Waals surface area contributed by atoms with Crippen molar-refractivity contribution in [1.29, 1.82) is 0 Å². The number of aromatic nitrogens is 3. The molecule has 0 aromatic carbocycles. The fourth-order valence-corrected chi connectivity index (χ4v) is 3.92. The molecular formula is C16H27N5O2. The number of likely N-dealkylation sites (tertiary alicyclic amines) is 1. The SMILES string of the molecule is CCNC(=O)N1CCCC(c2nn(C)c(=O)n2C2CCCC2)C1.